The van der Waals surface area contributed by atoms with Crippen molar-refractivity contribution >= 4 is 52.3 Å². The molecule has 2 aromatic rings. The molecule has 2 aliphatic rings. The highest BCUT2D eigenvalue weighted by Gasteiger charge is 2.67. The van der Waals surface area contributed by atoms with Crippen LogP contribution in [0.5, 0.6) is 0 Å². The monoisotopic (exact) mass is 515 g/mol. The van der Waals surface area contributed by atoms with Crippen LogP contribution in [-0.4, -0.2) is 21.7 Å². The Morgan fingerprint density at radius 3 is 2.45 bits per heavy atom. The van der Waals surface area contributed by atoms with Crippen LogP contribution in [0.3, 0.4) is 0 Å². The number of nitrogens with zero attached hydrogens (tertiary/aromatic N) is 1. The molecule has 2 amide bonds. The molecular weight excluding hydrogens is 502 g/mol. The standard InChI is InChI=1S/C22H15Cl3F3N3O2/c23-15-2-1-13(8-14(15)19(32)31-21(9-29)3-4-21)30-20(33)17-16(22(17,24)25)10-5-11(18(27)28)7-12(26)6-10/h1-2,5-8,16-18H,3-4H2,(H,30,33)(H,31,32)/t16-,17+/m1/s1. The van der Waals surface area contributed by atoms with Crippen LogP contribution in [0.1, 0.15) is 46.7 Å². The third-order valence-electron chi connectivity index (χ3n) is 5.68. The highest BCUT2D eigenvalue weighted by atomic mass is 35.5. The minimum absolute atomic E-state index is 0.0538. The molecule has 2 aromatic carbocycles. The topological polar surface area (TPSA) is 82.0 Å². The number of anilines is 1. The van der Waals surface area contributed by atoms with E-state index >= 15 is 0 Å². The summed E-state index contributed by atoms with van der Waals surface area (Å²) >= 11 is 18.6. The fourth-order valence-corrected chi connectivity index (χ4v) is 4.71. The maximum absolute atomic E-state index is 13.8. The zero-order valence-corrected chi connectivity index (χ0v) is 18.9. The fourth-order valence-electron chi connectivity index (χ4n) is 3.68. The summed E-state index contributed by atoms with van der Waals surface area (Å²) in [6.45, 7) is 0. The smallest absolute Gasteiger partial charge is 0.263 e. The predicted molar refractivity (Wildman–Crippen MR) is 117 cm³/mol. The van der Waals surface area contributed by atoms with E-state index in [0.717, 1.165) is 12.1 Å². The Labute approximate surface area is 201 Å². The average molecular weight is 517 g/mol. The van der Waals surface area contributed by atoms with Crippen LogP contribution < -0.4 is 10.6 Å². The number of carbonyl (C=O) groups excluding carboxylic acids is 2. The maximum Gasteiger partial charge on any atom is 0.263 e. The molecule has 2 N–H and O–H groups in total. The van der Waals surface area contributed by atoms with E-state index in [-0.39, 0.29) is 21.8 Å². The van der Waals surface area contributed by atoms with Gasteiger partial charge in [0.1, 0.15) is 15.7 Å². The first kappa shape index (κ1) is 23.7. The number of nitrogens with one attached hydrogen (secondary N) is 2. The van der Waals surface area contributed by atoms with E-state index < -0.39 is 51.3 Å². The second kappa shape index (κ2) is 8.39. The van der Waals surface area contributed by atoms with Crippen molar-refractivity contribution in [2.75, 3.05) is 5.32 Å². The van der Waals surface area contributed by atoms with Gasteiger partial charge in [0, 0.05) is 17.2 Å². The van der Waals surface area contributed by atoms with E-state index in [4.69, 9.17) is 40.1 Å². The largest absolute Gasteiger partial charge is 0.334 e. The zero-order chi connectivity index (χ0) is 24.1. The van der Waals surface area contributed by atoms with Crippen molar-refractivity contribution in [2.24, 2.45) is 5.92 Å². The Morgan fingerprint density at radius 2 is 1.85 bits per heavy atom. The third-order valence-corrected chi connectivity index (χ3v) is 6.95. The number of nitriles is 1. The van der Waals surface area contributed by atoms with E-state index in [1.54, 1.807) is 0 Å². The summed E-state index contributed by atoms with van der Waals surface area (Å²) in [5.74, 6) is -4.05. The number of halogens is 6. The van der Waals surface area contributed by atoms with Gasteiger partial charge in [-0.15, -0.1) is 23.2 Å². The van der Waals surface area contributed by atoms with Crippen LogP contribution in [0, 0.1) is 23.1 Å². The number of hydrogen-bond donors (Lipinski definition) is 2. The predicted octanol–water partition coefficient (Wildman–Crippen LogP) is 5.73. The molecule has 0 heterocycles. The van der Waals surface area contributed by atoms with Gasteiger partial charge in [0.2, 0.25) is 5.91 Å². The number of amides is 2. The lowest BCUT2D eigenvalue weighted by Crippen LogP contribution is -2.35. The van der Waals surface area contributed by atoms with Gasteiger partial charge < -0.3 is 10.6 Å². The molecule has 0 radical (unpaired) electrons. The molecule has 0 aliphatic heterocycles. The van der Waals surface area contributed by atoms with E-state index in [1.165, 1.54) is 18.2 Å². The van der Waals surface area contributed by atoms with E-state index in [0.29, 0.717) is 18.9 Å². The Balaban J connectivity index is 1.52. The van der Waals surface area contributed by atoms with Crippen molar-refractivity contribution in [1.29, 1.82) is 5.26 Å². The Bertz CT molecular complexity index is 1200. The summed E-state index contributed by atoms with van der Waals surface area (Å²) in [7, 11) is 0. The van der Waals surface area contributed by atoms with E-state index in [2.05, 4.69) is 10.6 Å². The first-order valence-electron chi connectivity index (χ1n) is 9.78. The molecular formula is C22H15Cl3F3N3O2. The highest BCUT2D eigenvalue weighted by Crippen LogP contribution is 2.65. The lowest BCUT2D eigenvalue weighted by atomic mass is 10.0. The summed E-state index contributed by atoms with van der Waals surface area (Å²) in [5.41, 5.74) is -1.10. The van der Waals surface area contributed by atoms with Crippen molar-refractivity contribution in [1.82, 2.24) is 5.32 Å². The highest BCUT2D eigenvalue weighted by molar-refractivity contribution is 6.53. The lowest BCUT2D eigenvalue weighted by molar-refractivity contribution is -0.117. The van der Waals surface area contributed by atoms with Crippen LogP contribution >= 0.6 is 34.8 Å². The van der Waals surface area contributed by atoms with E-state index in [9.17, 15) is 22.8 Å². The van der Waals surface area contributed by atoms with Crippen molar-refractivity contribution in [3.05, 3.63) is 63.9 Å². The van der Waals surface area contributed by atoms with Gasteiger partial charge in [-0.2, -0.15) is 5.26 Å². The number of carbonyl (C=O) groups is 2. The molecule has 0 aromatic heterocycles. The molecule has 0 unspecified atom stereocenters. The van der Waals surface area contributed by atoms with Crippen molar-refractivity contribution in [2.45, 2.75) is 35.1 Å². The third kappa shape index (κ3) is 4.63. The second-order valence-corrected chi connectivity index (χ2v) is 9.93. The van der Waals surface area contributed by atoms with Gasteiger partial charge >= 0.3 is 0 Å². The average Bonchev–Trinajstić information content (AvgIpc) is 3.63. The molecule has 0 bridgehead atoms. The minimum atomic E-state index is -2.90. The molecule has 0 spiro atoms. The van der Waals surface area contributed by atoms with Gasteiger partial charge in [-0.1, -0.05) is 11.6 Å². The van der Waals surface area contributed by atoms with Crippen LogP contribution in [0.25, 0.3) is 0 Å². The molecule has 2 aliphatic carbocycles. The summed E-state index contributed by atoms with van der Waals surface area (Å²) in [6, 6.07) is 9.01. The molecule has 172 valence electrons. The molecule has 0 saturated heterocycles. The molecule has 5 nitrogen and oxygen atoms in total. The first-order chi connectivity index (χ1) is 15.5. The van der Waals surface area contributed by atoms with Crippen LogP contribution in [0.2, 0.25) is 5.02 Å². The Morgan fingerprint density at radius 1 is 1.15 bits per heavy atom. The molecule has 2 fully saturated rings. The van der Waals surface area contributed by atoms with Gasteiger partial charge in [-0.05, 0) is 54.8 Å². The van der Waals surface area contributed by atoms with Crippen molar-refractivity contribution in [3.63, 3.8) is 0 Å². The molecule has 2 saturated carbocycles. The van der Waals surface area contributed by atoms with Gasteiger partial charge in [0.05, 0.1) is 22.6 Å². The number of rotatable bonds is 6. The summed E-state index contributed by atoms with van der Waals surface area (Å²) in [6.07, 6.45) is -1.83. The minimum Gasteiger partial charge on any atom is -0.334 e. The normalized spacial score (nSPS) is 21.8. The van der Waals surface area contributed by atoms with Gasteiger partial charge in [0.25, 0.3) is 12.3 Å². The summed E-state index contributed by atoms with van der Waals surface area (Å²) in [4.78, 5) is 25.4. The molecule has 33 heavy (non-hydrogen) atoms. The van der Waals surface area contributed by atoms with Gasteiger partial charge in [0.15, 0.2) is 0 Å². The van der Waals surface area contributed by atoms with E-state index in [1.807, 2.05) is 6.07 Å². The van der Waals surface area contributed by atoms with Gasteiger partial charge in [-0.3, -0.25) is 9.59 Å². The summed E-state index contributed by atoms with van der Waals surface area (Å²) < 4.78 is 38.3. The Hall–Kier alpha value is -2.47. The second-order valence-electron chi connectivity index (χ2n) is 8.08. The van der Waals surface area contributed by atoms with Crippen LogP contribution in [0.4, 0.5) is 18.9 Å². The number of alkyl halides is 4. The molecule has 2 atom stereocenters. The number of benzene rings is 2. The summed E-state index contributed by atoms with van der Waals surface area (Å²) in [5, 5.41) is 14.5. The van der Waals surface area contributed by atoms with Crippen molar-refractivity contribution < 1.29 is 22.8 Å². The van der Waals surface area contributed by atoms with Crippen LogP contribution in [0.15, 0.2) is 36.4 Å². The molecule has 4 rings (SSSR count). The fraction of sp³-hybridized carbons (Fsp3) is 0.318. The Kier molecular flexibility index (Phi) is 6.02. The van der Waals surface area contributed by atoms with Gasteiger partial charge in [-0.25, -0.2) is 13.2 Å². The maximum atomic E-state index is 13.8. The number of hydrogen-bond acceptors (Lipinski definition) is 3. The lowest BCUT2D eigenvalue weighted by Gasteiger charge is -2.12. The molecule has 11 heteroatoms. The first-order valence-corrected chi connectivity index (χ1v) is 10.9. The zero-order valence-electron chi connectivity index (χ0n) is 16.6. The SMILES string of the molecule is N#CC1(NC(=O)c2cc(NC(=O)[C@@H]3[C@@H](c4cc(F)cc(C(F)F)c4)C3(Cl)Cl)ccc2Cl)CC1. The quantitative estimate of drug-likeness (QED) is 0.481. The van der Waals surface area contributed by atoms with Crippen molar-refractivity contribution in [3.8, 4) is 6.07 Å². The van der Waals surface area contributed by atoms with Crippen LogP contribution in [-0.2, 0) is 4.79 Å².